The fraction of sp³-hybridized carbons (Fsp3) is 0.333. The van der Waals surface area contributed by atoms with E-state index in [1.54, 1.807) is 56.5 Å². The van der Waals surface area contributed by atoms with E-state index in [2.05, 4.69) is 5.32 Å². The largest absolute Gasteiger partial charge is 0.497 e. The summed E-state index contributed by atoms with van der Waals surface area (Å²) in [5.74, 6) is 0.342. The summed E-state index contributed by atoms with van der Waals surface area (Å²) in [6, 6.07) is 22.5. The third-order valence-corrected chi connectivity index (χ3v) is 7.40. The summed E-state index contributed by atoms with van der Waals surface area (Å²) in [5, 5.41) is 2.82. The van der Waals surface area contributed by atoms with Crippen LogP contribution in [0.2, 0.25) is 0 Å². The molecule has 0 aromatic heterocycles. The zero-order chi connectivity index (χ0) is 29.1. The molecule has 0 spiro atoms. The van der Waals surface area contributed by atoms with Crippen molar-refractivity contribution in [3.05, 3.63) is 90.0 Å². The molecule has 3 aromatic carbocycles. The smallest absolute Gasteiger partial charge is 0.244 e. The second-order valence-corrected chi connectivity index (χ2v) is 11.3. The summed E-state index contributed by atoms with van der Waals surface area (Å²) in [5.41, 5.74) is 2.06. The normalized spacial score (nSPS) is 11.8. The number of carbonyl (C=O) groups excluding carboxylic acids is 2. The predicted molar refractivity (Wildman–Crippen MR) is 156 cm³/mol. The van der Waals surface area contributed by atoms with Crippen molar-refractivity contribution in [3.63, 3.8) is 0 Å². The second kappa shape index (κ2) is 14.4. The molecule has 214 valence electrons. The van der Waals surface area contributed by atoms with E-state index in [9.17, 15) is 18.0 Å². The number of amides is 2. The van der Waals surface area contributed by atoms with Gasteiger partial charge in [0.1, 0.15) is 30.7 Å². The molecule has 9 nitrogen and oxygen atoms in total. The number of hydrogen-bond acceptors (Lipinski definition) is 6. The lowest BCUT2D eigenvalue weighted by molar-refractivity contribution is -0.139. The molecule has 40 heavy (non-hydrogen) atoms. The van der Waals surface area contributed by atoms with Crippen LogP contribution in [0.1, 0.15) is 31.4 Å². The summed E-state index contributed by atoms with van der Waals surface area (Å²) < 4.78 is 37.7. The number of carbonyl (C=O) groups is 2. The van der Waals surface area contributed by atoms with Crippen LogP contribution in [0.25, 0.3) is 0 Å². The number of sulfonamides is 1. The Morgan fingerprint density at radius 1 is 0.925 bits per heavy atom. The van der Waals surface area contributed by atoms with Crippen molar-refractivity contribution < 1.29 is 27.5 Å². The molecule has 0 heterocycles. The number of rotatable bonds is 14. The predicted octanol–water partition coefficient (Wildman–Crippen LogP) is 3.98. The molecule has 0 fully saturated rings. The van der Waals surface area contributed by atoms with Crippen molar-refractivity contribution in [1.82, 2.24) is 10.2 Å². The summed E-state index contributed by atoms with van der Waals surface area (Å²) in [4.78, 5) is 27.9. The second-order valence-electron chi connectivity index (χ2n) is 9.38. The average molecular weight is 568 g/mol. The number of nitrogens with one attached hydrogen (secondary N) is 1. The first-order valence-corrected chi connectivity index (χ1v) is 14.9. The molecule has 2 amide bonds. The standard InChI is InChI=1S/C30H37N3O6S/c1-5-18-31-30(35)23(2)32(20-25-12-9-13-28(19-25)38-3)29(34)21-33(40(4,36)37)26-14-16-27(17-15-26)39-22-24-10-7-6-8-11-24/h6-17,19,23H,5,18,20-22H2,1-4H3,(H,31,35). The van der Waals surface area contributed by atoms with E-state index in [4.69, 9.17) is 9.47 Å². The Bertz CT molecular complexity index is 1360. The number of methoxy groups -OCH3 is 1. The van der Waals surface area contributed by atoms with Crippen molar-refractivity contribution in [2.45, 2.75) is 39.5 Å². The van der Waals surface area contributed by atoms with E-state index in [0.29, 0.717) is 30.3 Å². The highest BCUT2D eigenvalue weighted by Crippen LogP contribution is 2.23. The molecule has 0 radical (unpaired) electrons. The van der Waals surface area contributed by atoms with Gasteiger partial charge < -0.3 is 19.7 Å². The lowest BCUT2D eigenvalue weighted by Gasteiger charge is -2.31. The maximum Gasteiger partial charge on any atom is 0.244 e. The maximum absolute atomic E-state index is 13.7. The van der Waals surface area contributed by atoms with E-state index in [0.717, 1.165) is 28.1 Å². The summed E-state index contributed by atoms with van der Waals surface area (Å²) in [7, 11) is -2.29. The monoisotopic (exact) mass is 567 g/mol. The lowest BCUT2D eigenvalue weighted by atomic mass is 10.1. The molecular formula is C30H37N3O6S. The Labute approximate surface area is 236 Å². The maximum atomic E-state index is 13.7. The van der Waals surface area contributed by atoms with Crippen molar-refractivity contribution >= 4 is 27.5 Å². The van der Waals surface area contributed by atoms with E-state index >= 15 is 0 Å². The van der Waals surface area contributed by atoms with E-state index in [1.807, 2.05) is 43.3 Å². The van der Waals surface area contributed by atoms with Gasteiger partial charge >= 0.3 is 0 Å². The van der Waals surface area contributed by atoms with Crippen LogP contribution in [0.4, 0.5) is 5.69 Å². The molecule has 0 aliphatic rings. The Hall–Kier alpha value is -4.05. The van der Waals surface area contributed by atoms with Gasteiger partial charge in [-0.25, -0.2) is 8.42 Å². The molecule has 1 unspecified atom stereocenters. The fourth-order valence-electron chi connectivity index (χ4n) is 4.01. The number of hydrogen-bond donors (Lipinski definition) is 1. The van der Waals surface area contributed by atoms with E-state index in [1.165, 1.54) is 4.90 Å². The van der Waals surface area contributed by atoms with E-state index in [-0.39, 0.29) is 12.5 Å². The van der Waals surface area contributed by atoms with Gasteiger partial charge in [0, 0.05) is 13.1 Å². The highest BCUT2D eigenvalue weighted by molar-refractivity contribution is 7.92. The molecule has 0 aliphatic heterocycles. The van der Waals surface area contributed by atoms with Crippen LogP contribution in [0.15, 0.2) is 78.9 Å². The van der Waals surface area contributed by atoms with Crippen molar-refractivity contribution in [2.75, 3.05) is 30.8 Å². The average Bonchev–Trinajstić information content (AvgIpc) is 2.96. The first-order valence-electron chi connectivity index (χ1n) is 13.1. The zero-order valence-corrected chi connectivity index (χ0v) is 24.2. The molecule has 3 rings (SSSR count). The highest BCUT2D eigenvalue weighted by Gasteiger charge is 2.30. The molecule has 1 N–H and O–H groups in total. The van der Waals surface area contributed by atoms with Gasteiger partial charge in [0.05, 0.1) is 19.1 Å². The molecule has 1 atom stereocenters. The molecule has 0 saturated heterocycles. The van der Waals surface area contributed by atoms with Crippen LogP contribution in [-0.2, 0) is 32.8 Å². The molecule has 10 heteroatoms. The summed E-state index contributed by atoms with van der Waals surface area (Å²) >= 11 is 0. The SMILES string of the molecule is CCCNC(=O)C(C)N(Cc1cccc(OC)c1)C(=O)CN(c1ccc(OCc2ccccc2)cc1)S(C)(=O)=O. The summed E-state index contributed by atoms with van der Waals surface area (Å²) in [6.07, 6.45) is 1.79. The van der Waals surface area contributed by atoms with Crippen LogP contribution < -0.4 is 19.1 Å². The van der Waals surface area contributed by atoms with Gasteiger partial charge in [-0.05, 0) is 60.9 Å². The Morgan fingerprint density at radius 2 is 1.60 bits per heavy atom. The molecule has 0 saturated carbocycles. The van der Waals surface area contributed by atoms with Gasteiger partial charge in [0.2, 0.25) is 21.8 Å². The van der Waals surface area contributed by atoms with Gasteiger partial charge in [-0.15, -0.1) is 0 Å². The molecule has 0 bridgehead atoms. The van der Waals surface area contributed by atoms with Gasteiger partial charge in [-0.1, -0.05) is 49.4 Å². The minimum Gasteiger partial charge on any atom is -0.497 e. The molecular weight excluding hydrogens is 530 g/mol. The van der Waals surface area contributed by atoms with Crippen molar-refractivity contribution in [3.8, 4) is 11.5 Å². The summed E-state index contributed by atoms with van der Waals surface area (Å²) in [6.45, 7) is 4.03. The third-order valence-electron chi connectivity index (χ3n) is 6.26. The topological polar surface area (TPSA) is 105 Å². The Morgan fingerprint density at radius 3 is 2.23 bits per heavy atom. The fourth-order valence-corrected chi connectivity index (χ4v) is 4.86. The van der Waals surface area contributed by atoms with Crippen molar-refractivity contribution in [1.29, 1.82) is 0 Å². The number of benzene rings is 3. The Kier molecular flexibility index (Phi) is 11.0. The zero-order valence-electron chi connectivity index (χ0n) is 23.4. The molecule has 3 aromatic rings. The third kappa shape index (κ3) is 8.74. The lowest BCUT2D eigenvalue weighted by Crippen LogP contribution is -2.51. The minimum atomic E-state index is -3.83. The number of ether oxygens (including phenoxy) is 2. The van der Waals surface area contributed by atoms with Gasteiger partial charge in [-0.2, -0.15) is 0 Å². The quantitative estimate of drug-likeness (QED) is 0.316. The van der Waals surface area contributed by atoms with Crippen molar-refractivity contribution in [2.24, 2.45) is 0 Å². The van der Waals surface area contributed by atoms with Gasteiger partial charge in [0.15, 0.2) is 0 Å². The van der Waals surface area contributed by atoms with Crippen LogP contribution in [0.3, 0.4) is 0 Å². The minimum absolute atomic E-state index is 0.0978. The first-order chi connectivity index (χ1) is 19.1. The van der Waals surface area contributed by atoms with Gasteiger partial charge in [-0.3, -0.25) is 13.9 Å². The number of anilines is 1. The Balaban J connectivity index is 1.82. The highest BCUT2D eigenvalue weighted by atomic mass is 32.2. The van der Waals surface area contributed by atoms with E-state index < -0.39 is 28.5 Å². The van der Waals surface area contributed by atoms with Gasteiger partial charge in [0.25, 0.3) is 0 Å². The van der Waals surface area contributed by atoms with Crippen LogP contribution >= 0.6 is 0 Å². The first kappa shape index (κ1) is 30.5. The van der Waals surface area contributed by atoms with Crippen LogP contribution in [-0.4, -0.2) is 57.6 Å². The number of nitrogens with zero attached hydrogens (tertiary/aromatic N) is 2. The molecule has 0 aliphatic carbocycles. The van der Waals surface area contributed by atoms with Crippen LogP contribution in [0, 0.1) is 0 Å². The van der Waals surface area contributed by atoms with Crippen LogP contribution in [0.5, 0.6) is 11.5 Å².